The Kier molecular flexibility index (Phi) is 10.1. The highest BCUT2D eigenvalue weighted by atomic mass is 14.4. The molecule has 0 saturated carbocycles. The van der Waals surface area contributed by atoms with Gasteiger partial charge in [-0.2, -0.15) is 5.26 Å². The molecule has 84 valence electrons. The van der Waals surface area contributed by atoms with Gasteiger partial charge in [0.2, 0.25) is 0 Å². The fourth-order valence-corrected chi connectivity index (χ4v) is 1.43. The molecule has 15 heavy (non-hydrogen) atoms. The molecule has 0 aromatic carbocycles. The zero-order chi connectivity index (χ0) is 11.4. The van der Waals surface area contributed by atoms with Gasteiger partial charge in [-0.15, -0.1) is 0 Å². The fourth-order valence-electron chi connectivity index (χ4n) is 1.43. The average Bonchev–Trinajstić information content (AvgIpc) is 2.24. The Morgan fingerprint density at radius 3 is 2.33 bits per heavy atom. The molecule has 0 aromatic heterocycles. The lowest BCUT2D eigenvalue weighted by atomic mass is 10.0. The van der Waals surface area contributed by atoms with Gasteiger partial charge in [-0.05, 0) is 51.2 Å². The summed E-state index contributed by atoms with van der Waals surface area (Å²) < 4.78 is 0. The van der Waals surface area contributed by atoms with Crippen molar-refractivity contribution in [1.82, 2.24) is 0 Å². The van der Waals surface area contributed by atoms with Crippen molar-refractivity contribution in [2.45, 2.75) is 57.8 Å². The first-order chi connectivity index (χ1) is 7.31. The maximum atomic E-state index is 8.33. The molecule has 0 heterocycles. The number of nitriles is 1. The SMILES string of the molecule is N#CCCCCCC(=N)CCCCC=N. The largest absolute Gasteiger partial charge is 0.313 e. The molecule has 2 N–H and O–H groups in total. The van der Waals surface area contributed by atoms with Gasteiger partial charge in [-0.3, -0.25) is 0 Å². The lowest BCUT2D eigenvalue weighted by molar-refractivity contribution is 0.698. The molecule has 0 atom stereocenters. The number of rotatable bonds is 10. The maximum absolute atomic E-state index is 8.33. The molecule has 0 unspecified atom stereocenters. The quantitative estimate of drug-likeness (QED) is 0.416. The summed E-state index contributed by atoms with van der Waals surface area (Å²) in [6.45, 7) is 0. The molecular weight excluding hydrogens is 186 g/mol. The zero-order valence-corrected chi connectivity index (χ0v) is 9.39. The minimum Gasteiger partial charge on any atom is -0.313 e. The molecule has 0 aromatic rings. The molecule has 0 aliphatic rings. The van der Waals surface area contributed by atoms with Crippen LogP contribution in [0.4, 0.5) is 0 Å². The van der Waals surface area contributed by atoms with Crippen molar-refractivity contribution in [3.8, 4) is 6.07 Å². The topological polar surface area (TPSA) is 71.5 Å². The van der Waals surface area contributed by atoms with Crippen molar-refractivity contribution in [1.29, 1.82) is 16.1 Å². The van der Waals surface area contributed by atoms with Gasteiger partial charge in [0.05, 0.1) is 6.07 Å². The minimum atomic E-state index is 0.646. The second-order valence-corrected chi connectivity index (χ2v) is 3.77. The molecule has 0 radical (unpaired) electrons. The summed E-state index contributed by atoms with van der Waals surface area (Å²) >= 11 is 0. The van der Waals surface area contributed by atoms with Crippen molar-refractivity contribution in [2.24, 2.45) is 0 Å². The van der Waals surface area contributed by atoms with Crippen LogP contribution in [0.5, 0.6) is 0 Å². The fraction of sp³-hybridized carbons (Fsp3) is 0.750. The summed E-state index contributed by atoms with van der Waals surface area (Å²) in [7, 11) is 0. The normalized spacial score (nSPS) is 9.53. The second-order valence-electron chi connectivity index (χ2n) is 3.77. The Labute approximate surface area is 92.5 Å². The van der Waals surface area contributed by atoms with Gasteiger partial charge in [0.15, 0.2) is 0 Å². The van der Waals surface area contributed by atoms with E-state index in [4.69, 9.17) is 16.1 Å². The third-order valence-corrected chi connectivity index (χ3v) is 2.34. The molecule has 0 fully saturated rings. The first kappa shape index (κ1) is 13.8. The number of nitrogens with zero attached hydrogens (tertiary/aromatic N) is 1. The van der Waals surface area contributed by atoms with E-state index in [1.807, 2.05) is 0 Å². The van der Waals surface area contributed by atoms with Crippen LogP contribution in [0.25, 0.3) is 0 Å². The maximum Gasteiger partial charge on any atom is 0.0621 e. The lowest BCUT2D eigenvalue weighted by Gasteiger charge is -2.02. The lowest BCUT2D eigenvalue weighted by Crippen LogP contribution is -1.96. The van der Waals surface area contributed by atoms with E-state index in [2.05, 4.69) is 6.07 Å². The third-order valence-electron chi connectivity index (χ3n) is 2.34. The summed E-state index contributed by atoms with van der Waals surface area (Å²) in [6, 6.07) is 2.13. The van der Waals surface area contributed by atoms with Crippen molar-refractivity contribution in [2.75, 3.05) is 0 Å². The highest BCUT2D eigenvalue weighted by molar-refractivity contribution is 5.81. The monoisotopic (exact) mass is 207 g/mol. The Morgan fingerprint density at radius 1 is 1.07 bits per heavy atom. The van der Waals surface area contributed by atoms with Crippen molar-refractivity contribution < 1.29 is 0 Å². The van der Waals surface area contributed by atoms with E-state index in [1.165, 1.54) is 6.21 Å². The predicted molar refractivity (Wildman–Crippen MR) is 63.7 cm³/mol. The van der Waals surface area contributed by atoms with Gasteiger partial charge in [-0.1, -0.05) is 6.42 Å². The smallest absolute Gasteiger partial charge is 0.0621 e. The zero-order valence-electron chi connectivity index (χ0n) is 9.39. The standard InChI is InChI=1S/C12H21N3/c13-10-6-2-1-4-8-12(15)9-5-3-7-11-14/h11,14-15H,1-9H2. The third kappa shape index (κ3) is 10.8. The molecule has 0 saturated heterocycles. The molecular formula is C12H21N3. The average molecular weight is 207 g/mol. The molecule has 0 amide bonds. The molecule has 3 nitrogen and oxygen atoms in total. The van der Waals surface area contributed by atoms with Crippen LogP contribution in [0.15, 0.2) is 0 Å². The number of hydrogen-bond donors (Lipinski definition) is 2. The minimum absolute atomic E-state index is 0.646. The number of hydrogen-bond acceptors (Lipinski definition) is 3. The highest BCUT2D eigenvalue weighted by Crippen LogP contribution is 2.07. The Hall–Kier alpha value is -1.17. The summed E-state index contributed by atoms with van der Waals surface area (Å²) in [5.41, 5.74) is 0.830. The number of unbranched alkanes of at least 4 members (excludes halogenated alkanes) is 5. The van der Waals surface area contributed by atoms with Crippen LogP contribution in [0.3, 0.4) is 0 Å². The van der Waals surface area contributed by atoms with Gasteiger partial charge in [0.1, 0.15) is 0 Å². The molecule has 0 bridgehead atoms. The molecule has 3 heteroatoms. The molecule has 0 rings (SSSR count). The summed E-state index contributed by atoms with van der Waals surface area (Å²) in [5.74, 6) is 0. The van der Waals surface area contributed by atoms with Crippen LogP contribution in [-0.4, -0.2) is 11.9 Å². The molecule has 0 aliphatic carbocycles. The van der Waals surface area contributed by atoms with E-state index in [9.17, 15) is 0 Å². The first-order valence-electron chi connectivity index (χ1n) is 5.73. The van der Waals surface area contributed by atoms with Gasteiger partial charge in [-0.25, -0.2) is 0 Å². The van der Waals surface area contributed by atoms with Crippen LogP contribution < -0.4 is 0 Å². The second kappa shape index (κ2) is 10.9. The van der Waals surface area contributed by atoms with Gasteiger partial charge in [0, 0.05) is 12.1 Å². The van der Waals surface area contributed by atoms with Crippen molar-refractivity contribution >= 4 is 11.9 Å². The molecule has 0 spiro atoms. The van der Waals surface area contributed by atoms with Crippen LogP contribution >= 0.6 is 0 Å². The predicted octanol–water partition coefficient (Wildman–Crippen LogP) is 3.69. The van der Waals surface area contributed by atoms with Gasteiger partial charge < -0.3 is 10.8 Å². The summed E-state index contributed by atoms with van der Waals surface area (Å²) in [6.07, 6.45) is 9.83. The Morgan fingerprint density at radius 2 is 1.73 bits per heavy atom. The van der Waals surface area contributed by atoms with Crippen LogP contribution in [0.2, 0.25) is 0 Å². The summed E-state index contributed by atoms with van der Waals surface area (Å²) in [5, 5.41) is 22.9. The van der Waals surface area contributed by atoms with E-state index in [-0.39, 0.29) is 0 Å². The van der Waals surface area contributed by atoms with E-state index < -0.39 is 0 Å². The van der Waals surface area contributed by atoms with Crippen LogP contribution in [-0.2, 0) is 0 Å². The van der Waals surface area contributed by atoms with E-state index >= 15 is 0 Å². The molecule has 0 aliphatic heterocycles. The van der Waals surface area contributed by atoms with Crippen molar-refractivity contribution in [3.05, 3.63) is 0 Å². The van der Waals surface area contributed by atoms with E-state index in [0.717, 1.165) is 57.1 Å². The van der Waals surface area contributed by atoms with Crippen LogP contribution in [0.1, 0.15) is 57.8 Å². The van der Waals surface area contributed by atoms with E-state index in [1.54, 1.807) is 0 Å². The van der Waals surface area contributed by atoms with Gasteiger partial charge in [0.25, 0.3) is 0 Å². The highest BCUT2D eigenvalue weighted by Gasteiger charge is 1.97. The number of nitrogens with one attached hydrogen (secondary N) is 2. The Bertz CT molecular complexity index is 215. The first-order valence-corrected chi connectivity index (χ1v) is 5.73. The van der Waals surface area contributed by atoms with Gasteiger partial charge >= 0.3 is 0 Å². The van der Waals surface area contributed by atoms with E-state index in [0.29, 0.717) is 6.42 Å². The summed E-state index contributed by atoms with van der Waals surface area (Å²) in [4.78, 5) is 0. The van der Waals surface area contributed by atoms with Crippen LogP contribution in [0, 0.1) is 22.1 Å². The van der Waals surface area contributed by atoms with Crippen molar-refractivity contribution in [3.63, 3.8) is 0 Å². The Balaban J connectivity index is 3.19.